The molecule has 60 valence electrons. The van der Waals surface area contributed by atoms with Crippen LogP contribution in [-0.2, 0) is 10.1 Å². The predicted octanol–water partition coefficient (Wildman–Crippen LogP) is -1.75. The Kier molecular flexibility index (Phi) is 6.04. The minimum Gasteiger partial charge on any atom is -0.744 e. The van der Waals surface area contributed by atoms with Gasteiger partial charge in [-0.15, -0.1) is 0 Å². The second-order valence-corrected chi connectivity index (χ2v) is 3.73. The zero-order chi connectivity index (χ0) is 8.48. The van der Waals surface area contributed by atoms with Gasteiger partial charge in [0.25, 0.3) is 0 Å². The van der Waals surface area contributed by atoms with Gasteiger partial charge in [-0.1, -0.05) is 17.7 Å². The number of benzene rings is 1. The molecule has 0 unspecified atom stereocenters. The van der Waals surface area contributed by atoms with Crippen molar-refractivity contribution in [2.45, 2.75) is 4.90 Å². The Labute approximate surface area is 135 Å². The molecule has 0 saturated heterocycles. The van der Waals surface area contributed by atoms with E-state index >= 15 is 0 Å². The summed E-state index contributed by atoms with van der Waals surface area (Å²) in [5.74, 6) is 0. The average Bonchev–Trinajstić information content (AvgIpc) is 1.86. The molecule has 12 heavy (non-hydrogen) atoms. The molecular formula is C6H4ClCsO3S. The Morgan fingerprint density at radius 3 is 2.25 bits per heavy atom. The van der Waals surface area contributed by atoms with E-state index in [0.29, 0.717) is 0 Å². The Morgan fingerprint density at radius 2 is 1.92 bits per heavy atom. The quantitative estimate of drug-likeness (QED) is 0.576. The first-order valence-corrected chi connectivity index (χ1v) is 4.50. The summed E-state index contributed by atoms with van der Waals surface area (Å²) in [4.78, 5) is -0.301. The van der Waals surface area contributed by atoms with Crippen LogP contribution in [0, 0.1) is 0 Å². The standard InChI is InChI=1S/C6H5ClO3S.Cs/c7-5-2-1-3-6(4-5)11(8,9)10;/h1-4H,(H,8,9,10);/q;+1/p-1. The van der Waals surface area contributed by atoms with Crippen molar-refractivity contribution in [3.63, 3.8) is 0 Å². The molecule has 0 aliphatic heterocycles. The van der Waals surface area contributed by atoms with Crippen molar-refractivity contribution in [3.05, 3.63) is 29.3 Å². The monoisotopic (exact) mass is 324 g/mol. The van der Waals surface area contributed by atoms with Gasteiger partial charge in [-0.05, 0) is 18.2 Å². The van der Waals surface area contributed by atoms with Gasteiger partial charge in [0.15, 0.2) is 0 Å². The van der Waals surface area contributed by atoms with Crippen LogP contribution < -0.4 is 68.9 Å². The van der Waals surface area contributed by atoms with E-state index in [1.807, 2.05) is 0 Å². The molecule has 0 aliphatic carbocycles. The zero-order valence-electron chi connectivity index (χ0n) is 6.32. The number of rotatable bonds is 1. The van der Waals surface area contributed by atoms with Crippen molar-refractivity contribution >= 4 is 21.7 Å². The van der Waals surface area contributed by atoms with E-state index in [-0.39, 0.29) is 78.8 Å². The third kappa shape index (κ3) is 4.12. The normalized spacial score (nSPS) is 10.5. The largest absolute Gasteiger partial charge is 1.00 e. The van der Waals surface area contributed by atoms with E-state index in [9.17, 15) is 13.0 Å². The number of halogens is 1. The van der Waals surface area contributed by atoms with Crippen LogP contribution in [0.4, 0.5) is 0 Å². The molecule has 1 rings (SSSR count). The predicted molar refractivity (Wildman–Crippen MR) is 39.4 cm³/mol. The first kappa shape index (κ1) is 13.5. The van der Waals surface area contributed by atoms with Crippen molar-refractivity contribution in [3.8, 4) is 0 Å². The van der Waals surface area contributed by atoms with Gasteiger partial charge < -0.3 is 4.55 Å². The van der Waals surface area contributed by atoms with Crippen LogP contribution in [0.3, 0.4) is 0 Å². The molecule has 0 aliphatic rings. The first-order chi connectivity index (χ1) is 5.00. The Morgan fingerprint density at radius 1 is 1.33 bits per heavy atom. The molecule has 0 aromatic heterocycles. The van der Waals surface area contributed by atoms with Gasteiger partial charge in [-0.25, -0.2) is 8.42 Å². The molecule has 0 radical (unpaired) electrons. The van der Waals surface area contributed by atoms with Crippen LogP contribution in [0.25, 0.3) is 0 Å². The molecule has 0 spiro atoms. The fourth-order valence-electron chi connectivity index (χ4n) is 0.623. The Hall–Kier alpha value is 1.47. The van der Waals surface area contributed by atoms with Gasteiger partial charge in [0, 0.05) is 5.02 Å². The second-order valence-electron chi connectivity index (χ2n) is 1.91. The van der Waals surface area contributed by atoms with E-state index in [4.69, 9.17) is 11.6 Å². The van der Waals surface area contributed by atoms with Gasteiger partial charge in [-0.2, -0.15) is 0 Å². The summed E-state index contributed by atoms with van der Waals surface area (Å²) in [6.45, 7) is 0. The molecule has 0 heterocycles. The molecule has 1 aromatic carbocycles. The maximum absolute atomic E-state index is 10.4. The maximum Gasteiger partial charge on any atom is 1.00 e. The van der Waals surface area contributed by atoms with E-state index in [2.05, 4.69) is 0 Å². The minimum absolute atomic E-state index is 0. The molecule has 1 aromatic rings. The summed E-state index contributed by atoms with van der Waals surface area (Å²) in [6, 6.07) is 5.22. The fourth-order valence-corrected chi connectivity index (χ4v) is 1.39. The van der Waals surface area contributed by atoms with Crippen molar-refractivity contribution in [1.29, 1.82) is 0 Å². The maximum atomic E-state index is 10.4. The van der Waals surface area contributed by atoms with Gasteiger partial charge in [-0.3, -0.25) is 0 Å². The van der Waals surface area contributed by atoms with Gasteiger partial charge in [0.05, 0.1) is 4.90 Å². The van der Waals surface area contributed by atoms with Crippen LogP contribution in [-0.4, -0.2) is 13.0 Å². The van der Waals surface area contributed by atoms with E-state index in [1.54, 1.807) is 0 Å². The number of hydrogen-bond donors (Lipinski definition) is 0. The molecule has 0 bridgehead atoms. The summed E-state index contributed by atoms with van der Waals surface area (Å²) < 4.78 is 31.1. The van der Waals surface area contributed by atoms with Gasteiger partial charge in [0.2, 0.25) is 0 Å². The fraction of sp³-hybridized carbons (Fsp3) is 0. The third-order valence-electron chi connectivity index (χ3n) is 1.08. The van der Waals surface area contributed by atoms with Crippen LogP contribution in [0.15, 0.2) is 29.2 Å². The molecule has 3 nitrogen and oxygen atoms in total. The molecule has 0 atom stereocenters. The smallest absolute Gasteiger partial charge is 0.744 e. The summed E-state index contributed by atoms with van der Waals surface area (Å²) in [5.41, 5.74) is 0. The zero-order valence-corrected chi connectivity index (χ0v) is 14.2. The third-order valence-corrected chi connectivity index (χ3v) is 2.15. The second kappa shape index (κ2) is 5.38. The van der Waals surface area contributed by atoms with Crippen molar-refractivity contribution in [2.75, 3.05) is 0 Å². The topological polar surface area (TPSA) is 57.2 Å². The molecular weight excluding hydrogens is 320 g/mol. The SMILES string of the molecule is O=S(=O)([O-])c1cccc(Cl)c1.[Cs+]. The Balaban J connectivity index is 0.00000121. The first-order valence-electron chi connectivity index (χ1n) is 2.71. The van der Waals surface area contributed by atoms with E-state index in [0.717, 1.165) is 6.07 Å². The van der Waals surface area contributed by atoms with Crippen LogP contribution in [0.1, 0.15) is 0 Å². The molecule has 6 heteroatoms. The van der Waals surface area contributed by atoms with Crippen molar-refractivity contribution < 1.29 is 81.9 Å². The number of hydrogen-bond acceptors (Lipinski definition) is 3. The summed E-state index contributed by atoms with van der Waals surface area (Å²) in [6.07, 6.45) is 0. The summed E-state index contributed by atoms with van der Waals surface area (Å²) >= 11 is 5.45. The molecule has 0 N–H and O–H groups in total. The molecule has 0 amide bonds. The Bertz CT molecular complexity index is 363. The molecule has 0 saturated carbocycles. The summed E-state index contributed by atoms with van der Waals surface area (Å²) in [5, 5.41) is 0.238. The average molecular weight is 325 g/mol. The van der Waals surface area contributed by atoms with Crippen LogP contribution >= 0.6 is 11.6 Å². The van der Waals surface area contributed by atoms with E-state index in [1.165, 1.54) is 18.2 Å². The van der Waals surface area contributed by atoms with Crippen LogP contribution in [0.2, 0.25) is 5.02 Å². The summed E-state index contributed by atoms with van der Waals surface area (Å²) in [7, 11) is -4.36. The minimum atomic E-state index is -4.36. The van der Waals surface area contributed by atoms with Crippen LogP contribution in [0.5, 0.6) is 0 Å². The van der Waals surface area contributed by atoms with Gasteiger partial charge >= 0.3 is 68.9 Å². The van der Waals surface area contributed by atoms with Crippen molar-refractivity contribution in [2.24, 2.45) is 0 Å². The molecule has 0 fully saturated rings. The van der Waals surface area contributed by atoms with E-state index < -0.39 is 10.1 Å². The van der Waals surface area contributed by atoms with Crippen molar-refractivity contribution in [1.82, 2.24) is 0 Å². The van der Waals surface area contributed by atoms with Gasteiger partial charge in [0.1, 0.15) is 10.1 Å².